The quantitative estimate of drug-likeness (QED) is 0.649. The summed E-state index contributed by atoms with van der Waals surface area (Å²) in [5.41, 5.74) is 1.15. The average Bonchev–Trinajstić information content (AvgIpc) is 3.46. The first kappa shape index (κ1) is 22.9. The molecule has 1 heterocycles. The molecule has 174 valence electrons. The molecule has 0 unspecified atom stereocenters. The van der Waals surface area contributed by atoms with Crippen LogP contribution < -0.4 is 10.0 Å². The van der Waals surface area contributed by atoms with Gasteiger partial charge in [-0.1, -0.05) is 49.4 Å². The first-order valence-electron chi connectivity index (χ1n) is 11.6. The molecule has 1 aromatic heterocycles. The maximum atomic E-state index is 13.1. The monoisotopic (exact) mass is 460 g/mol. The summed E-state index contributed by atoms with van der Waals surface area (Å²) in [6.07, 6.45) is 9.78. The van der Waals surface area contributed by atoms with Crippen LogP contribution in [0.2, 0.25) is 0 Å². The molecule has 0 radical (unpaired) electrons. The van der Waals surface area contributed by atoms with Gasteiger partial charge in [0.2, 0.25) is 27.6 Å². The molecule has 0 aliphatic heterocycles. The fraction of sp³-hybridized carbons (Fsp3) is 0.609. The van der Waals surface area contributed by atoms with Crippen molar-refractivity contribution >= 4 is 15.9 Å². The largest absolute Gasteiger partial charge is 0.352 e. The van der Waals surface area contributed by atoms with E-state index in [-0.39, 0.29) is 16.8 Å². The Labute approximate surface area is 189 Å². The van der Waals surface area contributed by atoms with E-state index in [1.54, 1.807) is 32.0 Å². The van der Waals surface area contributed by atoms with Gasteiger partial charge < -0.3 is 9.84 Å². The van der Waals surface area contributed by atoms with Crippen LogP contribution in [-0.4, -0.2) is 36.5 Å². The maximum Gasteiger partial charge on any atom is 0.241 e. The van der Waals surface area contributed by atoms with Crippen LogP contribution in [0.5, 0.6) is 0 Å². The van der Waals surface area contributed by atoms with Crippen molar-refractivity contribution in [3.05, 3.63) is 29.7 Å². The van der Waals surface area contributed by atoms with Crippen molar-refractivity contribution in [3.8, 4) is 11.4 Å². The summed E-state index contributed by atoms with van der Waals surface area (Å²) in [5.74, 6) is 1.00. The normalized spacial score (nSPS) is 19.2. The zero-order chi connectivity index (χ0) is 22.7. The van der Waals surface area contributed by atoms with Gasteiger partial charge in [-0.3, -0.25) is 4.79 Å². The number of aryl methyl sites for hydroxylation is 1. The lowest BCUT2D eigenvalue weighted by Crippen LogP contribution is -2.48. The average molecular weight is 461 g/mol. The third-order valence-corrected chi connectivity index (χ3v) is 7.96. The molecule has 2 aromatic rings. The van der Waals surface area contributed by atoms with Gasteiger partial charge in [0.25, 0.3) is 0 Å². The van der Waals surface area contributed by atoms with Crippen LogP contribution >= 0.6 is 0 Å². The molecule has 0 spiro atoms. The first-order valence-corrected chi connectivity index (χ1v) is 13.1. The molecule has 4 rings (SSSR count). The fourth-order valence-corrected chi connectivity index (χ4v) is 5.63. The van der Waals surface area contributed by atoms with Gasteiger partial charge in [0.1, 0.15) is 0 Å². The highest BCUT2D eigenvalue weighted by Gasteiger charge is 2.30. The Hall–Kier alpha value is -2.26. The zero-order valence-electron chi connectivity index (χ0n) is 18.8. The number of carbonyl (C=O) groups excluding carboxylic acids is 1. The van der Waals surface area contributed by atoms with E-state index in [4.69, 9.17) is 4.52 Å². The molecule has 0 saturated heterocycles. The molecule has 2 saturated carbocycles. The summed E-state index contributed by atoms with van der Waals surface area (Å²) in [6, 6.07) is 4.27. The van der Waals surface area contributed by atoms with Crippen molar-refractivity contribution in [2.45, 2.75) is 94.5 Å². The van der Waals surface area contributed by atoms with Crippen molar-refractivity contribution in [3.63, 3.8) is 0 Å². The molecule has 1 aromatic carbocycles. The molecule has 2 fully saturated rings. The molecule has 32 heavy (non-hydrogen) atoms. The summed E-state index contributed by atoms with van der Waals surface area (Å²) in [7, 11) is -3.91. The van der Waals surface area contributed by atoms with E-state index in [2.05, 4.69) is 20.2 Å². The maximum absolute atomic E-state index is 13.1. The molecule has 1 amide bonds. The van der Waals surface area contributed by atoms with Gasteiger partial charge in [-0.2, -0.15) is 9.71 Å². The van der Waals surface area contributed by atoms with Crippen LogP contribution in [0.1, 0.15) is 82.1 Å². The van der Waals surface area contributed by atoms with Crippen molar-refractivity contribution < 1.29 is 17.7 Å². The van der Waals surface area contributed by atoms with E-state index in [0.717, 1.165) is 38.5 Å². The standard InChI is InChI=1S/C23H32N4O4S/c1-15-10-11-18(21-25-23(31-26-21)17-12-13-17)14-20(15)32(29,30)27-16(2)22(28)24-19-8-6-4-3-5-7-9-19/h10-11,14,16-17,19,27H,3-9,12-13H2,1-2H3,(H,24,28)/t16-/m0/s1. The lowest BCUT2D eigenvalue weighted by molar-refractivity contribution is -0.123. The molecule has 1 atom stereocenters. The number of nitrogens with zero attached hydrogens (tertiary/aromatic N) is 2. The molecular weight excluding hydrogens is 428 g/mol. The second kappa shape index (κ2) is 9.70. The summed E-state index contributed by atoms with van der Waals surface area (Å²) in [4.78, 5) is 17.2. The van der Waals surface area contributed by atoms with E-state index >= 15 is 0 Å². The summed E-state index contributed by atoms with van der Waals surface area (Å²) in [6.45, 7) is 3.31. The Kier molecular flexibility index (Phi) is 6.95. The SMILES string of the molecule is Cc1ccc(-c2noc(C3CC3)n2)cc1S(=O)(=O)N[C@@H](C)C(=O)NC1CCCCCCC1. The smallest absolute Gasteiger partial charge is 0.241 e. The third-order valence-electron chi connectivity index (χ3n) is 6.28. The first-order chi connectivity index (χ1) is 15.3. The predicted molar refractivity (Wildman–Crippen MR) is 120 cm³/mol. The van der Waals surface area contributed by atoms with Gasteiger partial charge >= 0.3 is 0 Å². The number of amides is 1. The van der Waals surface area contributed by atoms with Gasteiger partial charge in [0.05, 0.1) is 10.9 Å². The predicted octanol–water partition coefficient (Wildman–Crippen LogP) is 3.82. The van der Waals surface area contributed by atoms with Crippen LogP contribution in [0, 0.1) is 6.92 Å². The Balaban J connectivity index is 1.45. The lowest BCUT2D eigenvalue weighted by atomic mass is 9.96. The van der Waals surface area contributed by atoms with Crippen molar-refractivity contribution in [1.82, 2.24) is 20.2 Å². The van der Waals surface area contributed by atoms with Gasteiger partial charge in [-0.25, -0.2) is 8.42 Å². The summed E-state index contributed by atoms with van der Waals surface area (Å²) in [5, 5.41) is 7.04. The Morgan fingerprint density at radius 3 is 2.47 bits per heavy atom. The highest BCUT2D eigenvalue weighted by atomic mass is 32.2. The van der Waals surface area contributed by atoms with Crippen LogP contribution in [0.15, 0.2) is 27.6 Å². The van der Waals surface area contributed by atoms with Gasteiger partial charge in [0, 0.05) is 17.5 Å². The van der Waals surface area contributed by atoms with E-state index in [9.17, 15) is 13.2 Å². The number of rotatable bonds is 7. The number of sulfonamides is 1. The van der Waals surface area contributed by atoms with Crippen LogP contribution in [0.25, 0.3) is 11.4 Å². The Bertz CT molecular complexity index is 1050. The third kappa shape index (κ3) is 5.56. The number of hydrogen-bond donors (Lipinski definition) is 2. The van der Waals surface area contributed by atoms with Gasteiger partial charge in [0.15, 0.2) is 0 Å². The number of nitrogens with one attached hydrogen (secondary N) is 2. The molecule has 2 aliphatic rings. The number of benzene rings is 1. The second-order valence-corrected chi connectivity index (χ2v) is 10.8. The van der Waals surface area contributed by atoms with Gasteiger partial charge in [-0.15, -0.1) is 0 Å². The molecule has 9 heteroatoms. The summed E-state index contributed by atoms with van der Waals surface area (Å²) < 4.78 is 34.1. The van der Waals surface area contributed by atoms with Crippen molar-refractivity contribution in [2.75, 3.05) is 0 Å². The van der Waals surface area contributed by atoms with Gasteiger partial charge in [-0.05, 0) is 51.2 Å². The molecule has 2 aliphatic carbocycles. The summed E-state index contributed by atoms with van der Waals surface area (Å²) >= 11 is 0. The highest BCUT2D eigenvalue weighted by Crippen LogP contribution is 2.39. The molecule has 8 nitrogen and oxygen atoms in total. The molecule has 0 bridgehead atoms. The van der Waals surface area contributed by atoms with Crippen LogP contribution in [0.3, 0.4) is 0 Å². The molecule has 2 N–H and O–H groups in total. The van der Waals surface area contributed by atoms with E-state index in [0.29, 0.717) is 28.8 Å². The highest BCUT2D eigenvalue weighted by molar-refractivity contribution is 7.89. The Morgan fingerprint density at radius 1 is 1.09 bits per heavy atom. The fourth-order valence-electron chi connectivity index (χ4n) is 4.15. The number of hydrogen-bond acceptors (Lipinski definition) is 6. The lowest BCUT2D eigenvalue weighted by Gasteiger charge is -2.23. The number of aromatic nitrogens is 2. The zero-order valence-corrected chi connectivity index (χ0v) is 19.6. The van der Waals surface area contributed by atoms with Crippen LogP contribution in [0.4, 0.5) is 0 Å². The number of carbonyl (C=O) groups is 1. The minimum Gasteiger partial charge on any atom is -0.352 e. The minimum atomic E-state index is -3.91. The molecular formula is C23H32N4O4S. The second-order valence-electron chi connectivity index (χ2n) is 9.10. The van der Waals surface area contributed by atoms with E-state index in [1.165, 1.54) is 19.3 Å². The van der Waals surface area contributed by atoms with Crippen molar-refractivity contribution in [1.29, 1.82) is 0 Å². The van der Waals surface area contributed by atoms with Crippen molar-refractivity contribution in [2.24, 2.45) is 0 Å². The minimum absolute atomic E-state index is 0.110. The Morgan fingerprint density at radius 2 is 1.78 bits per heavy atom. The van der Waals surface area contributed by atoms with Crippen LogP contribution in [-0.2, 0) is 14.8 Å². The topological polar surface area (TPSA) is 114 Å². The van der Waals surface area contributed by atoms with E-state index < -0.39 is 16.1 Å². The van der Waals surface area contributed by atoms with E-state index in [1.807, 2.05) is 0 Å².